The van der Waals surface area contributed by atoms with Crippen LogP contribution in [0.2, 0.25) is 0 Å². The number of hydrogen-bond donors (Lipinski definition) is 1. The molecule has 0 aromatic heterocycles. The van der Waals surface area contributed by atoms with Crippen molar-refractivity contribution in [3.8, 4) is 0 Å². The van der Waals surface area contributed by atoms with Crippen molar-refractivity contribution in [2.24, 2.45) is 0 Å². The second-order valence-corrected chi connectivity index (χ2v) is 5.79. The fourth-order valence-electron chi connectivity index (χ4n) is 2.75. The van der Waals surface area contributed by atoms with Gasteiger partial charge in [-0.05, 0) is 57.3 Å². The zero-order valence-electron chi connectivity index (χ0n) is 13.6. The van der Waals surface area contributed by atoms with E-state index in [-0.39, 0.29) is 18.5 Å². The van der Waals surface area contributed by atoms with Gasteiger partial charge in [-0.15, -0.1) is 12.4 Å². The number of hydrogen-bond acceptors (Lipinski definition) is 3. The largest absolute Gasteiger partial charge is 0.448 e. The highest BCUT2D eigenvalue weighted by atomic mass is 35.5. The van der Waals surface area contributed by atoms with E-state index < -0.39 is 0 Å². The van der Waals surface area contributed by atoms with Gasteiger partial charge in [0.2, 0.25) is 0 Å². The molecule has 0 radical (unpaired) electrons. The monoisotopic (exact) mass is 326 g/mol. The van der Waals surface area contributed by atoms with Crippen molar-refractivity contribution < 1.29 is 9.53 Å². The number of amides is 1. The highest BCUT2D eigenvalue weighted by Crippen LogP contribution is 2.10. The SMILES string of the molecule is Cc1ccc(CCNC(=O)OCCN2CCCC2)c(C)c1.Cl. The lowest BCUT2D eigenvalue weighted by Gasteiger charge is -2.14. The van der Waals surface area contributed by atoms with E-state index in [4.69, 9.17) is 4.74 Å². The molecule has 2 rings (SSSR count). The van der Waals surface area contributed by atoms with E-state index in [0.717, 1.165) is 26.1 Å². The molecular weight excluding hydrogens is 300 g/mol. The third kappa shape index (κ3) is 6.24. The van der Waals surface area contributed by atoms with Crippen LogP contribution in [0.5, 0.6) is 0 Å². The summed E-state index contributed by atoms with van der Waals surface area (Å²) in [6.45, 7) is 8.42. The number of likely N-dealkylation sites (tertiary alicyclic amines) is 1. The summed E-state index contributed by atoms with van der Waals surface area (Å²) in [7, 11) is 0. The lowest BCUT2D eigenvalue weighted by molar-refractivity contribution is 0.132. The van der Waals surface area contributed by atoms with Crippen LogP contribution in [0.4, 0.5) is 4.79 Å². The summed E-state index contributed by atoms with van der Waals surface area (Å²) in [4.78, 5) is 13.9. The van der Waals surface area contributed by atoms with E-state index in [9.17, 15) is 4.79 Å². The molecule has 1 aromatic rings. The minimum absolute atomic E-state index is 0. The van der Waals surface area contributed by atoms with Crippen LogP contribution >= 0.6 is 12.4 Å². The maximum Gasteiger partial charge on any atom is 0.407 e. The molecule has 1 saturated heterocycles. The summed E-state index contributed by atoms with van der Waals surface area (Å²) in [5.41, 5.74) is 3.82. The van der Waals surface area contributed by atoms with Crippen molar-refractivity contribution >= 4 is 18.5 Å². The Balaban J connectivity index is 0.00000242. The first kappa shape index (κ1) is 18.8. The molecule has 1 heterocycles. The lowest BCUT2D eigenvalue weighted by Crippen LogP contribution is -2.30. The molecule has 124 valence electrons. The van der Waals surface area contributed by atoms with Gasteiger partial charge in [-0.1, -0.05) is 23.8 Å². The van der Waals surface area contributed by atoms with Gasteiger partial charge in [0.1, 0.15) is 6.61 Å². The first-order valence-electron chi connectivity index (χ1n) is 7.84. The van der Waals surface area contributed by atoms with Gasteiger partial charge in [0.25, 0.3) is 0 Å². The van der Waals surface area contributed by atoms with E-state index >= 15 is 0 Å². The number of carbonyl (C=O) groups is 1. The van der Waals surface area contributed by atoms with Gasteiger partial charge in [-0.3, -0.25) is 4.90 Å². The molecular formula is C17H27ClN2O2. The third-order valence-electron chi connectivity index (χ3n) is 4.00. The van der Waals surface area contributed by atoms with Gasteiger partial charge in [-0.2, -0.15) is 0 Å². The molecule has 4 nitrogen and oxygen atoms in total. The minimum Gasteiger partial charge on any atom is -0.448 e. The molecule has 0 spiro atoms. The average molecular weight is 327 g/mol. The summed E-state index contributed by atoms with van der Waals surface area (Å²) >= 11 is 0. The van der Waals surface area contributed by atoms with Gasteiger partial charge in [0.15, 0.2) is 0 Å². The van der Waals surface area contributed by atoms with Crippen LogP contribution in [0.1, 0.15) is 29.5 Å². The first-order chi connectivity index (χ1) is 10.1. The van der Waals surface area contributed by atoms with Crippen molar-refractivity contribution in [1.82, 2.24) is 10.2 Å². The van der Waals surface area contributed by atoms with Crippen LogP contribution in [0.3, 0.4) is 0 Å². The molecule has 1 aromatic carbocycles. The lowest BCUT2D eigenvalue weighted by atomic mass is 10.0. The molecule has 1 aliphatic heterocycles. The zero-order chi connectivity index (χ0) is 15.1. The number of carbonyl (C=O) groups excluding carboxylic acids is 1. The standard InChI is InChI=1S/C17H26N2O2.ClH/c1-14-5-6-16(15(2)13-14)7-8-18-17(20)21-12-11-19-9-3-4-10-19;/h5-6,13H,3-4,7-12H2,1-2H3,(H,18,20);1H. The van der Waals surface area contributed by atoms with Crippen molar-refractivity contribution in [2.75, 3.05) is 32.8 Å². The summed E-state index contributed by atoms with van der Waals surface area (Å²) < 4.78 is 5.20. The molecule has 0 bridgehead atoms. The van der Waals surface area contributed by atoms with Crippen LogP contribution in [-0.2, 0) is 11.2 Å². The normalized spacial score (nSPS) is 14.5. The molecule has 1 N–H and O–H groups in total. The number of nitrogens with one attached hydrogen (secondary N) is 1. The number of rotatable bonds is 6. The van der Waals surface area contributed by atoms with E-state index in [1.54, 1.807) is 0 Å². The molecule has 1 fully saturated rings. The van der Waals surface area contributed by atoms with E-state index in [0.29, 0.717) is 13.2 Å². The third-order valence-corrected chi connectivity index (χ3v) is 4.00. The van der Waals surface area contributed by atoms with Crippen LogP contribution in [0, 0.1) is 13.8 Å². The smallest absolute Gasteiger partial charge is 0.407 e. The van der Waals surface area contributed by atoms with Crippen LogP contribution in [0.15, 0.2) is 18.2 Å². The Morgan fingerprint density at radius 3 is 2.68 bits per heavy atom. The van der Waals surface area contributed by atoms with E-state index in [1.165, 1.54) is 29.5 Å². The number of alkyl carbamates (subject to hydrolysis) is 1. The fourth-order valence-corrected chi connectivity index (χ4v) is 2.75. The Morgan fingerprint density at radius 2 is 2.00 bits per heavy atom. The molecule has 22 heavy (non-hydrogen) atoms. The Morgan fingerprint density at radius 1 is 1.27 bits per heavy atom. The van der Waals surface area contributed by atoms with E-state index in [2.05, 4.69) is 42.3 Å². The Bertz CT molecular complexity index is 474. The molecule has 0 saturated carbocycles. The fraction of sp³-hybridized carbons (Fsp3) is 0.588. The molecule has 1 aliphatic rings. The number of nitrogens with zero attached hydrogens (tertiary/aromatic N) is 1. The van der Waals surface area contributed by atoms with Crippen LogP contribution in [-0.4, -0.2) is 43.8 Å². The van der Waals surface area contributed by atoms with Crippen LogP contribution < -0.4 is 5.32 Å². The second kappa shape index (κ2) is 9.70. The quantitative estimate of drug-likeness (QED) is 0.873. The molecule has 0 aliphatic carbocycles. The van der Waals surface area contributed by atoms with Gasteiger partial charge in [0.05, 0.1) is 0 Å². The van der Waals surface area contributed by atoms with Gasteiger partial charge < -0.3 is 10.1 Å². The number of benzene rings is 1. The molecule has 1 amide bonds. The summed E-state index contributed by atoms with van der Waals surface area (Å²) in [6, 6.07) is 6.41. The Labute approximate surface area is 139 Å². The van der Waals surface area contributed by atoms with Gasteiger partial charge >= 0.3 is 6.09 Å². The van der Waals surface area contributed by atoms with Crippen molar-refractivity contribution in [2.45, 2.75) is 33.1 Å². The van der Waals surface area contributed by atoms with Gasteiger partial charge in [-0.25, -0.2) is 4.79 Å². The highest BCUT2D eigenvalue weighted by Gasteiger charge is 2.11. The van der Waals surface area contributed by atoms with Gasteiger partial charge in [0, 0.05) is 13.1 Å². The average Bonchev–Trinajstić information content (AvgIpc) is 2.94. The number of halogens is 1. The molecule has 0 unspecified atom stereocenters. The summed E-state index contributed by atoms with van der Waals surface area (Å²) in [5, 5.41) is 2.82. The zero-order valence-corrected chi connectivity index (χ0v) is 14.4. The van der Waals surface area contributed by atoms with E-state index in [1.807, 2.05) is 0 Å². The second-order valence-electron chi connectivity index (χ2n) is 5.79. The first-order valence-corrected chi connectivity index (χ1v) is 7.84. The molecule has 5 heteroatoms. The summed E-state index contributed by atoms with van der Waals surface area (Å²) in [6.07, 6.45) is 3.07. The van der Waals surface area contributed by atoms with Crippen molar-refractivity contribution in [1.29, 1.82) is 0 Å². The molecule has 0 atom stereocenters. The number of aryl methyl sites for hydroxylation is 2. The van der Waals surface area contributed by atoms with Crippen molar-refractivity contribution in [3.05, 3.63) is 34.9 Å². The minimum atomic E-state index is -0.307. The predicted octanol–water partition coefficient (Wildman–Crippen LogP) is 3.09. The topological polar surface area (TPSA) is 41.6 Å². The van der Waals surface area contributed by atoms with Crippen molar-refractivity contribution in [3.63, 3.8) is 0 Å². The Kier molecular flexibility index (Phi) is 8.28. The number of ether oxygens (including phenoxy) is 1. The maximum atomic E-state index is 11.6. The van der Waals surface area contributed by atoms with Crippen LogP contribution in [0.25, 0.3) is 0 Å². The Hall–Kier alpha value is -1.26. The maximum absolute atomic E-state index is 11.6. The summed E-state index contributed by atoms with van der Waals surface area (Å²) in [5.74, 6) is 0. The predicted molar refractivity (Wildman–Crippen MR) is 91.9 cm³/mol. The highest BCUT2D eigenvalue weighted by molar-refractivity contribution is 5.85.